The number of hydrogen-bond acceptors (Lipinski definition) is 3. The highest BCUT2D eigenvalue weighted by atomic mass is 15.2. The standard InChI is InChI=1S/C14H26N4/c1-3-7-18-11-16-9-14(18)13(8-15)17(4-2)10-12-5-6-12/h9,11-13H,3-8,10,15H2,1-2H3. The van der Waals surface area contributed by atoms with Crippen molar-refractivity contribution in [3.8, 4) is 0 Å². The lowest BCUT2D eigenvalue weighted by Gasteiger charge is -2.30. The highest BCUT2D eigenvalue weighted by Gasteiger charge is 2.28. The van der Waals surface area contributed by atoms with Crippen LogP contribution in [0.25, 0.3) is 0 Å². The number of aromatic nitrogens is 2. The Morgan fingerprint density at radius 1 is 1.50 bits per heavy atom. The third kappa shape index (κ3) is 3.12. The fourth-order valence-electron chi connectivity index (χ4n) is 2.60. The summed E-state index contributed by atoms with van der Waals surface area (Å²) < 4.78 is 2.26. The molecule has 4 heteroatoms. The summed E-state index contributed by atoms with van der Waals surface area (Å²) in [5.74, 6) is 0.904. The third-order valence-corrected chi connectivity index (χ3v) is 3.81. The van der Waals surface area contributed by atoms with E-state index in [1.165, 1.54) is 25.1 Å². The predicted molar refractivity (Wildman–Crippen MR) is 74.3 cm³/mol. The third-order valence-electron chi connectivity index (χ3n) is 3.81. The Morgan fingerprint density at radius 2 is 2.28 bits per heavy atom. The maximum Gasteiger partial charge on any atom is 0.0948 e. The van der Waals surface area contributed by atoms with Crippen molar-refractivity contribution in [3.05, 3.63) is 18.2 Å². The van der Waals surface area contributed by atoms with E-state index in [4.69, 9.17) is 5.73 Å². The fourth-order valence-corrected chi connectivity index (χ4v) is 2.60. The van der Waals surface area contributed by atoms with E-state index in [2.05, 4.69) is 28.3 Å². The van der Waals surface area contributed by atoms with Gasteiger partial charge in [0, 0.05) is 25.8 Å². The van der Waals surface area contributed by atoms with Crippen LogP contribution in [0.15, 0.2) is 12.5 Å². The number of nitrogens with two attached hydrogens (primary N) is 1. The number of hydrogen-bond donors (Lipinski definition) is 1. The van der Waals surface area contributed by atoms with Crippen LogP contribution in [0.5, 0.6) is 0 Å². The Kier molecular flexibility index (Phi) is 4.78. The molecule has 0 bridgehead atoms. The maximum atomic E-state index is 6.02. The van der Waals surface area contributed by atoms with Gasteiger partial charge in [-0.3, -0.25) is 4.90 Å². The van der Waals surface area contributed by atoms with Crippen molar-refractivity contribution in [2.45, 2.75) is 45.7 Å². The molecule has 0 amide bonds. The van der Waals surface area contributed by atoms with Crippen LogP contribution < -0.4 is 5.73 Å². The first-order valence-corrected chi connectivity index (χ1v) is 7.24. The maximum absolute atomic E-state index is 6.02. The molecule has 0 aromatic carbocycles. The summed E-state index contributed by atoms with van der Waals surface area (Å²) in [5, 5.41) is 0. The van der Waals surface area contributed by atoms with E-state index in [0.717, 1.165) is 25.4 Å². The van der Waals surface area contributed by atoms with Gasteiger partial charge in [-0.05, 0) is 31.7 Å². The van der Waals surface area contributed by atoms with Crippen molar-refractivity contribution in [2.24, 2.45) is 11.7 Å². The van der Waals surface area contributed by atoms with Crippen LogP contribution >= 0.6 is 0 Å². The summed E-state index contributed by atoms with van der Waals surface area (Å²) >= 11 is 0. The first kappa shape index (κ1) is 13.6. The average molecular weight is 250 g/mol. The zero-order valence-corrected chi connectivity index (χ0v) is 11.7. The minimum Gasteiger partial charge on any atom is -0.333 e. The van der Waals surface area contributed by atoms with Crippen LogP contribution in [-0.4, -0.2) is 34.1 Å². The molecule has 1 atom stereocenters. The summed E-state index contributed by atoms with van der Waals surface area (Å²) in [6.07, 6.45) is 7.84. The zero-order chi connectivity index (χ0) is 13.0. The molecule has 0 saturated heterocycles. The molecule has 18 heavy (non-hydrogen) atoms. The molecule has 1 saturated carbocycles. The lowest BCUT2D eigenvalue weighted by Crippen LogP contribution is -2.36. The van der Waals surface area contributed by atoms with Crippen molar-refractivity contribution in [1.82, 2.24) is 14.5 Å². The molecule has 4 nitrogen and oxygen atoms in total. The predicted octanol–water partition coefficient (Wildman–Crippen LogP) is 2.02. The molecular formula is C14H26N4. The number of likely N-dealkylation sites (N-methyl/N-ethyl adjacent to an activating group) is 1. The molecule has 0 radical (unpaired) electrons. The molecule has 1 unspecified atom stereocenters. The summed E-state index contributed by atoms with van der Waals surface area (Å²) in [7, 11) is 0. The van der Waals surface area contributed by atoms with Gasteiger partial charge in [-0.2, -0.15) is 0 Å². The van der Waals surface area contributed by atoms with Crippen LogP contribution in [-0.2, 0) is 6.54 Å². The first-order chi connectivity index (χ1) is 8.80. The average Bonchev–Trinajstić information content (AvgIpc) is 3.09. The van der Waals surface area contributed by atoms with E-state index < -0.39 is 0 Å². The summed E-state index contributed by atoms with van der Waals surface area (Å²) in [6.45, 7) is 8.39. The minimum absolute atomic E-state index is 0.324. The first-order valence-electron chi connectivity index (χ1n) is 7.24. The second-order valence-electron chi connectivity index (χ2n) is 5.29. The molecule has 0 spiro atoms. The van der Waals surface area contributed by atoms with Gasteiger partial charge < -0.3 is 10.3 Å². The molecule has 102 valence electrons. The molecule has 2 N–H and O–H groups in total. The van der Waals surface area contributed by atoms with Crippen molar-refractivity contribution in [2.75, 3.05) is 19.6 Å². The van der Waals surface area contributed by atoms with Crippen molar-refractivity contribution in [1.29, 1.82) is 0 Å². The summed E-state index contributed by atoms with van der Waals surface area (Å²) in [6, 6.07) is 0.324. The van der Waals surface area contributed by atoms with Gasteiger partial charge in [-0.15, -0.1) is 0 Å². The second kappa shape index (κ2) is 6.34. The monoisotopic (exact) mass is 250 g/mol. The van der Waals surface area contributed by atoms with Crippen LogP contribution in [0, 0.1) is 5.92 Å². The van der Waals surface area contributed by atoms with Crippen LogP contribution in [0.1, 0.15) is 44.8 Å². The van der Waals surface area contributed by atoms with Gasteiger partial charge in [0.15, 0.2) is 0 Å². The molecule has 1 aromatic heterocycles. The SMILES string of the molecule is CCCn1cncc1C(CN)N(CC)CC1CC1. The Morgan fingerprint density at radius 3 is 2.83 bits per heavy atom. The number of rotatable bonds is 8. The molecule has 1 heterocycles. The van der Waals surface area contributed by atoms with Crippen molar-refractivity contribution < 1.29 is 0 Å². The van der Waals surface area contributed by atoms with Crippen molar-refractivity contribution in [3.63, 3.8) is 0 Å². The second-order valence-corrected chi connectivity index (χ2v) is 5.29. The molecule has 1 aliphatic carbocycles. The summed E-state index contributed by atoms with van der Waals surface area (Å²) in [4.78, 5) is 6.82. The molecule has 2 rings (SSSR count). The van der Waals surface area contributed by atoms with E-state index in [1.807, 2.05) is 12.5 Å². The fraction of sp³-hybridized carbons (Fsp3) is 0.786. The number of imidazole rings is 1. The van der Waals surface area contributed by atoms with Crippen LogP contribution in [0.4, 0.5) is 0 Å². The zero-order valence-electron chi connectivity index (χ0n) is 11.7. The van der Waals surface area contributed by atoms with E-state index in [-0.39, 0.29) is 0 Å². The Hall–Kier alpha value is -0.870. The van der Waals surface area contributed by atoms with Gasteiger partial charge in [0.1, 0.15) is 0 Å². The van der Waals surface area contributed by atoms with Gasteiger partial charge >= 0.3 is 0 Å². The Balaban J connectivity index is 2.11. The number of aryl methyl sites for hydroxylation is 1. The van der Waals surface area contributed by atoms with Gasteiger partial charge in [-0.1, -0.05) is 13.8 Å². The van der Waals surface area contributed by atoms with E-state index in [9.17, 15) is 0 Å². The molecule has 0 aliphatic heterocycles. The smallest absolute Gasteiger partial charge is 0.0948 e. The van der Waals surface area contributed by atoms with Gasteiger partial charge in [0.05, 0.1) is 18.1 Å². The highest BCUT2D eigenvalue weighted by molar-refractivity contribution is 5.07. The van der Waals surface area contributed by atoms with Gasteiger partial charge in [-0.25, -0.2) is 4.98 Å². The minimum atomic E-state index is 0.324. The van der Waals surface area contributed by atoms with E-state index in [1.54, 1.807) is 0 Å². The Labute approximate surface area is 110 Å². The normalized spacial score (nSPS) is 17.3. The lowest BCUT2D eigenvalue weighted by atomic mass is 10.1. The van der Waals surface area contributed by atoms with Crippen LogP contribution in [0.3, 0.4) is 0 Å². The van der Waals surface area contributed by atoms with Crippen molar-refractivity contribution >= 4 is 0 Å². The number of nitrogens with zero attached hydrogens (tertiary/aromatic N) is 3. The highest BCUT2D eigenvalue weighted by Crippen LogP contribution is 2.32. The quantitative estimate of drug-likeness (QED) is 0.768. The van der Waals surface area contributed by atoms with Crippen LogP contribution in [0.2, 0.25) is 0 Å². The molecular weight excluding hydrogens is 224 g/mol. The Bertz CT molecular complexity index is 356. The largest absolute Gasteiger partial charge is 0.333 e. The topological polar surface area (TPSA) is 47.1 Å². The lowest BCUT2D eigenvalue weighted by molar-refractivity contribution is 0.196. The van der Waals surface area contributed by atoms with E-state index >= 15 is 0 Å². The molecule has 1 fully saturated rings. The molecule has 1 aliphatic rings. The van der Waals surface area contributed by atoms with Gasteiger partial charge in [0.25, 0.3) is 0 Å². The van der Waals surface area contributed by atoms with E-state index in [0.29, 0.717) is 12.6 Å². The molecule has 1 aromatic rings. The van der Waals surface area contributed by atoms with Gasteiger partial charge in [0.2, 0.25) is 0 Å². The summed E-state index contributed by atoms with van der Waals surface area (Å²) in [5.41, 5.74) is 7.30.